The standard InChI is InChI=1S/C15H30N2O2/c1-12(14-3-4-14)17-10-13(5-8-19)9-15(11-17)16-6-2-7-18/h12-16,18-19H,2-11H2,1H3. The Kier molecular flexibility index (Phi) is 6.07. The highest BCUT2D eigenvalue weighted by molar-refractivity contribution is 4.91. The SMILES string of the molecule is CC(C1CC1)N1CC(CCO)CC(NCCCO)C1. The summed E-state index contributed by atoms with van der Waals surface area (Å²) < 4.78 is 0. The summed E-state index contributed by atoms with van der Waals surface area (Å²) in [5, 5.41) is 21.6. The first-order chi connectivity index (χ1) is 9.24. The van der Waals surface area contributed by atoms with E-state index in [1.165, 1.54) is 19.3 Å². The minimum absolute atomic E-state index is 0.266. The van der Waals surface area contributed by atoms with Gasteiger partial charge < -0.3 is 15.5 Å². The van der Waals surface area contributed by atoms with E-state index < -0.39 is 0 Å². The zero-order valence-corrected chi connectivity index (χ0v) is 12.2. The molecule has 4 heteroatoms. The van der Waals surface area contributed by atoms with Gasteiger partial charge in [-0.2, -0.15) is 0 Å². The molecule has 1 heterocycles. The molecule has 0 aromatic carbocycles. The van der Waals surface area contributed by atoms with E-state index in [1.807, 2.05) is 0 Å². The van der Waals surface area contributed by atoms with Crippen molar-refractivity contribution in [2.75, 3.05) is 32.8 Å². The molecule has 1 saturated heterocycles. The van der Waals surface area contributed by atoms with E-state index in [9.17, 15) is 5.11 Å². The molecule has 2 aliphatic rings. The number of aliphatic hydroxyl groups is 2. The maximum Gasteiger partial charge on any atom is 0.0443 e. The highest BCUT2D eigenvalue weighted by Gasteiger charge is 2.36. The number of piperidine rings is 1. The number of nitrogens with zero attached hydrogens (tertiary/aromatic N) is 1. The molecule has 0 spiro atoms. The fourth-order valence-electron chi connectivity index (χ4n) is 3.37. The van der Waals surface area contributed by atoms with Crippen LogP contribution in [0.2, 0.25) is 0 Å². The van der Waals surface area contributed by atoms with Crippen LogP contribution in [0.5, 0.6) is 0 Å². The van der Waals surface area contributed by atoms with Crippen molar-refractivity contribution in [2.24, 2.45) is 11.8 Å². The van der Waals surface area contributed by atoms with E-state index >= 15 is 0 Å². The maximum atomic E-state index is 9.19. The molecule has 0 radical (unpaired) electrons. The third-order valence-corrected chi connectivity index (χ3v) is 4.75. The molecular formula is C15H30N2O2. The third kappa shape index (κ3) is 4.71. The molecule has 0 amide bonds. The lowest BCUT2D eigenvalue weighted by molar-refractivity contribution is 0.0817. The highest BCUT2D eigenvalue weighted by Crippen LogP contribution is 2.36. The summed E-state index contributed by atoms with van der Waals surface area (Å²) in [6, 6.07) is 1.22. The van der Waals surface area contributed by atoms with Crippen LogP contribution in [-0.4, -0.2) is 60.0 Å². The Labute approximate surface area is 117 Å². The van der Waals surface area contributed by atoms with Crippen molar-refractivity contribution < 1.29 is 10.2 Å². The van der Waals surface area contributed by atoms with Crippen LogP contribution in [0.15, 0.2) is 0 Å². The molecule has 3 N–H and O–H groups in total. The van der Waals surface area contributed by atoms with Gasteiger partial charge in [0.2, 0.25) is 0 Å². The average molecular weight is 270 g/mol. The first-order valence-electron chi connectivity index (χ1n) is 7.93. The summed E-state index contributed by atoms with van der Waals surface area (Å²) in [4.78, 5) is 2.62. The normalized spacial score (nSPS) is 30.5. The number of rotatable bonds is 8. The summed E-state index contributed by atoms with van der Waals surface area (Å²) in [6.07, 6.45) is 5.71. The summed E-state index contributed by atoms with van der Waals surface area (Å²) in [5.74, 6) is 1.53. The van der Waals surface area contributed by atoms with E-state index in [4.69, 9.17) is 5.11 Å². The van der Waals surface area contributed by atoms with Crippen molar-refractivity contribution in [3.63, 3.8) is 0 Å². The molecule has 19 heavy (non-hydrogen) atoms. The number of likely N-dealkylation sites (tertiary alicyclic amines) is 1. The van der Waals surface area contributed by atoms with Crippen LogP contribution < -0.4 is 5.32 Å². The van der Waals surface area contributed by atoms with Crippen LogP contribution in [0.1, 0.15) is 39.0 Å². The first-order valence-corrected chi connectivity index (χ1v) is 7.93. The van der Waals surface area contributed by atoms with Gasteiger partial charge in [-0.25, -0.2) is 0 Å². The Bertz CT molecular complexity index is 259. The Hall–Kier alpha value is -0.160. The van der Waals surface area contributed by atoms with Gasteiger partial charge in [0.05, 0.1) is 0 Å². The Morgan fingerprint density at radius 3 is 2.63 bits per heavy atom. The highest BCUT2D eigenvalue weighted by atomic mass is 16.3. The van der Waals surface area contributed by atoms with E-state index in [2.05, 4.69) is 17.1 Å². The van der Waals surface area contributed by atoms with Crippen molar-refractivity contribution in [1.29, 1.82) is 0 Å². The third-order valence-electron chi connectivity index (χ3n) is 4.75. The summed E-state index contributed by atoms with van der Waals surface area (Å²) >= 11 is 0. The molecular weight excluding hydrogens is 240 g/mol. The van der Waals surface area contributed by atoms with Gasteiger partial charge in [-0.1, -0.05) is 0 Å². The molecule has 1 saturated carbocycles. The van der Waals surface area contributed by atoms with Gasteiger partial charge >= 0.3 is 0 Å². The zero-order valence-electron chi connectivity index (χ0n) is 12.2. The first kappa shape index (κ1) is 15.2. The second kappa shape index (κ2) is 7.58. The fourth-order valence-corrected chi connectivity index (χ4v) is 3.37. The van der Waals surface area contributed by atoms with Crippen molar-refractivity contribution in [3.8, 4) is 0 Å². The van der Waals surface area contributed by atoms with Crippen LogP contribution in [0, 0.1) is 11.8 Å². The average Bonchev–Trinajstić information content (AvgIpc) is 3.23. The quantitative estimate of drug-likeness (QED) is 0.572. The van der Waals surface area contributed by atoms with Gasteiger partial charge in [-0.3, -0.25) is 4.90 Å². The van der Waals surface area contributed by atoms with Crippen LogP contribution in [0.3, 0.4) is 0 Å². The van der Waals surface area contributed by atoms with Gasteiger partial charge in [0.1, 0.15) is 0 Å². The molecule has 112 valence electrons. The summed E-state index contributed by atoms with van der Waals surface area (Å²) in [6.45, 7) is 6.12. The molecule has 0 aromatic heterocycles. The number of nitrogens with one attached hydrogen (secondary N) is 1. The zero-order chi connectivity index (χ0) is 13.7. The smallest absolute Gasteiger partial charge is 0.0443 e. The molecule has 2 fully saturated rings. The van der Waals surface area contributed by atoms with E-state index in [0.717, 1.165) is 38.4 Å². The summed E-state index contributed by atoms with van der Waals surface area (Å²) in [7, 11) is 0. The van der Waals surface area contributed by atoms with Crippen LogP contribution in [0.25, 0.3) is 0 Å². The Morgan fingerprint density at radius 1 is 1.21 bits per heavy atom. The predicted molar refractivity (Wildman–Crippen MR) is 77.1 cm³/mol. The second-order valence-electron chi connectivity index (χ2n) is 6.37. The van der Waals surface area contributed by atoms with Gasteiger partial charge in [0.25, 0.3) is 0 Å². The molecule has 4 nitrogen and oxygen atoms in total. The monoisotopic (exact) mass is 270 g/mol. The van der Waals surface area contributed by atoms with E-state index in [-0.39, 0.29) is 6.61 Å². The summed E-state index contributed by atoms with van der Waals surface area (Å²) in [5.41, 5.74) is 0. The second-order valence-corrected chi connectivity index (χ2v) is 6.37. The molecule has 2 rings (SSSR count). The molecule has 1 aliphatic heterocycles. The Morgan fingerprint density at radius 2 is 2.00 bits per heavy atom. The van der Waals surface area contributed by atoms with Gasteiger partial charge in [-0.05, 0) is 57.4 Å². The van der Waals surface area contributed by atoms with E-state index in [1.54, 1.807) is 0 Å². The largest absolute Gasteiger partial charge is 0.396 e. The molecule has 3 unspecified atom stereocenters. The fraction of sp³-hybridized carbons (Fsp3) is 1.00. The Balaban J connectivity index is 1.84. The van der Waals surface area contributed by atoms with Crippen LogP contribution >= 0.6 is 0 Å². The van der Waals surface area contributed by atoms with Gasteiger partial charge in [-0.15, -0.1) is 0 Å². The molecule has 0 aromatic rings. The number of hydrogen-bond acceptors (Lipinski definition) is 4. The van der Waals surface area contributed by atoms with E-state index in [0.29, 0.717) is 24.6 Å². The van der Waals surface area contributed by atoms with Crippen molar-refractivity contribution in [2.45, 2.75) is 51.1 Å². The topological polar surface area (TPSA) is 55.7 Å². The molecule has 3 atom stereocenters. The molecule has 0 bridgehead atoms. The lowest BCUT2D eigenvalue weighted by Crippen LogP contribution is -2.52. The lowest BCUT2D eigenvalue weighted by Gasteiger charge is -2.41. The van der Waals surface area contributed by atoms with Gasteiger partial charge in [0.15, 0.2) is 0 Å². The number of hydrogen-bond donors (Lipinski definition) is 3. The van der Waals surface area contributed by atoms with Crippen molar-refractivity contribution in [1.82, 2.24) is 10.2 Å². The van der Waals surface area contributed by atoms with Crippen molar-refractivity contribution in [3.05, 3.63) is 0 Å². The van der Waals surface area contributed by atoms with Crippen molar-refractivity contribution >= 4 is 0 Å². The maximum absolute atomic E-state index is 9.19. The minimum atomic E-state index is 0.266. The predicted octanol–water partition coefficient (Wildman–Crippen LogP) is 0.830. The van der Waals surface area contributed by atoms with Crippen LogP contribution in [0.4, 0.5) is 0 Å². The lowest BCUT2D eigenvalue weighted by atomic mass is 9.90. The molecule has 1 aliphatic carbocycles. The van der Waals surface area contributed by atoms with Crippen LogP contribution in [-0.2, 0) is 0 Å². The van der Waals surface area contributed by atoms with Gasteiger partial charge in [0, 0.05) is 38.4 Å². The number of aliphatic hydroxyl groups excluding tert-OH is 2. The minimum Gasteiger partial charge on any atom is -0.396 e.